The fraction of sp³-hybridized carbons (Fsp3) is 0.681. The SMILES string of the molecule is CCC1O[C@@H](OC2[C@H](OC3CCC4(C)C(CCC5C4CCC4(C)C5CC(=O)C4[C@H](C)C(=O)CC[C@H](C)CO[C@@H]4OC(C)[C@H](C)[C@@H](OC(=O)c5ccccc5)C4OC(=O)c4ccccc4)C3)OC(COC(=O)c3ccccc3)[C@H](O)[C@@H]2C)C(C)[C@@H](C)[C@H]1C. The molecule has 1 N–H and O–H groups in total. The third-order valence-electron chi connectivity index (χ3n) is 23.1. The number of fused-ring (bicyclic) bond motifs is 5. The molecule has 0 aromatic heterocycles. The van der Waals surface area contributed by atoms with Gasteiger partial charge in [-0.05, 0) is 153 Å². The summed E-state index contributed by atoms with van der Waals surface area (Å²) in [6.07, 6.45) is 1.55. The van der Waals surface area contributed by atoms with Gasteiger partial charge in [0, 0.05) is 42.4 Å². The van der Waals surface area contributed by atoms with Crippen LogP contribution in [0.15, 0.2) is 91.0 Å². The summed E-state index contributed by atoms with van der Waals surface area (Å²) in [4.78, 5) is 69.1. The number of benzene rings is 3. The topological polar surface area (TPSA) is 189 Å². The van der Waals surface area contributed by atoms with Crippen LogP contribution in [-0.2, 0) is 52.2 Å². The maximum atomic E-state index is 14.5. The smallest absolute Gasteiger partial charge is 0.338 e. The van der Waals surface area contributed by atoms with Gasteiger partial charge in [0.25, 0.3) is 0 Å². The minimum Gasteiger partial charge on any atom is -0.459 e. The van der Waals surface area contributed by atoms with Crippen molar-refractivity contribution < 1.29 is 71.7 Å². The number of carbonyl (C=O) groups is 5. The molecule has 0 bridgehead atoms. The molecule has 3 aromatic carbocycles. The van der Waals surface area contributed by atoms with Crippen LogP contribution < -0.4 is 0 Å². The number of ketones is 2. The first kappa shape index (κ1) is 65.1. The zero-order valence-electron chi connectivity index (χ0n) is 53.3. The van der Waals surface area contributed by atoms with Crippen molar-refractivity contribution in [3.05, 3.63) is 108 Å². The van der Waals surface area contributed by atoms with Gasteiger partial charge in [-0.2, -0.15) is 0 Å². The van der Waals surface area contributed by atoms with Crippen molar-refractivity contribution in [2.75, 3.05) is 13.2 Å². The van der Waals surface area contributed by atoms with Crippen molar-refractivity contribution in [2.24, 2.45) is 81.8 Å². The maximum Gasteiger partial charge on any atom is 0.338 e. The summed E-state index contributed by atoms with van der Waals surface area (Å²) in [5, 5.41) is 11.8. The van der Waals surface area contributed by atoms with Gasteiger partial charge in [-0.3, -0.25) is 9.59 Å². The maximum absolute atomic E-state index is 14.5. The Morgan fingerprint density at radius 2 is 1.22 bits per heavy atom. The first-order valence-electron chi connectivity index (χ1n) is 33.0. The van der Waals surface area contributed by atoms with E-state index in [2.05, 4.69) is 41.5 Å². The fourth-order valence-electron chi connectivity index (χ4n) is 17.1. The van der Waals surface area contributed by atoms with E-state index in [0.717, 1.165) is 51.4 Å². The number of esters is 3. The lowest BCUT2D eigenvalue weighted by Gasteiger charge is -2.61. The molecule has 25 atom stereocenters. The monoisotopic (exact) mass is 1200 g/mol. The molecule has 3 aliphatic heterocycles. The van der Waals surface area contributed by atoms with Gasteiger partial charge in [-0.15, -0.1) is 0 Å². The normalized spacial score (nSPS) is 39.9. The Bertz CT molecular complexity index is 2810. The Morgan fingerprint density at radius 1 is 0.621 bits per heavy atom. The number of aliphatic hydroxyl groups excluding tert-OH is 1. The average molecular weight is 1200 g/mol. The summed E-state index contributed by atoms with van der Waals surface area (Å²) in [5.41, 5.74) is 0.913. The average Bonchev–Trinajstić information content (AvgIpc) is 1.70. The lowest BCUT2D eigenvalue weighted by molar-refractivity contribution is -0.353. The molecule has 4 aliphatic carbocycles. The standard InChI is InChI=1S/C72H98O15/c1-12-58-42(4)41(3)43(5)68(83-58)87-63-46(8)61(75)59(39-79-65(76)48-22-16-13-17-23-48)84-70(63)82-52-32-34-71(10)51(36-52)29-30-53-54(71)33-35-72(11)55(53)37-57(74)60(72)45(7)56(73)31-28-40(2)38-80-69-64(86-67(78)50-26-20-15-21-27-50)62(44(6)47(9)81-69)85-66(77)49-24-18-14-19-25-49/h13-27,40-47,51-55,58-64,68-70,75H,12,28-39H2,1-11H3/t40-,41-,42+,43?,44-,45+,46-,47?,51?,52?,53?,54?,55?,58?,59?,60?,61+,62+,63?,64?,68-,69+,70+,71?,72?/m0/s1. The molecule has 3 heterocycles. The molecule has 0 spiro atoms. The summed E-state index contributed by atoms with van der Waals surface area (Å²) in [6.45, 7) is 23.4. The summed E-state index contributed by atoms with van der Waals surface area (Å²) < 4.78 is 58.3. The zero-order valence-corrected chi connectivity index (χ0v) is 53.3. The van der Waals surface area contributed by atoms with E-state index in [1.54, 1.807) is 72.8 Å². The van der Waals surface area contributed by atoms with E-state index in [1.165, 1.54) is 0 Å². The number of Topliss-reactive ketones (excluding diaryl/α,β-unsaturated/α-hetero) is 2. The van der Waals surface area contributed by atoms with Crippen LogP contribution in [0.5, 0.6) is 0 Å². The molecule has 4 saturated carbocycles. The number of hydrogen-bond donors (Lipinski definition) is 1. The third-order valence-corrected chi connectivity index (χ3v) is 23.1. The van der Waals surface area contributed by atoms with Crippen LogP contribution in [0.25, 0.3) is 0 Å². The van der Waals surface area contributed by atoms with Gasteiger partial charge in [-0.25, -0.2) is 14.4 Å². The molecule has 15 heteroatoms. The van der Waals surface area contributed by atoms with Crippen LogP contribution in [-0.4, -0.2) is 115 Å². The van der Waals surface area contributed by atoms with Crippen LogP contribution in [0, 0.1) is 81.8 Å². The molecule has 3 saturated heterocycles. The minimum atomic E-state index is -1.07. The zero-order chi connectivity index (χ0) is 62.1. The minimum absolute atomic E-state index is 0.0395. The molecular weight excluding hydrogens is 1100 g/mol. The molecule has 476 valence electrons. The van der Waals surface area contributed by atoms with Crippen molar-refractivity contribution in [3.8, 4) is 0 Å². The van der Waals surface area contributed by atoms with Crippen molar-refractivity contribution >= 4 is 29.5 Å². The van der Waals surface area contributed by atoms with Crippen LogP contribution in [0.4, 0.5) is 0 Å². The number of carbonyl (C=O) groups excluding carboxylic acids is 5. The lowest BCUT2D eigenvalue weighted by atomic mass is 9.44. The van der Waals surface area contributed by atoms with E-state index in [4.69, 9.17) is 42.6 Å². The molecule has 10 rings (SSSR count). The summed E-state index contributed by atoms with van der Waals surface area (Å²) >= 11 is 0. The first-order valence-corrected chi connectivity index (χ1v) is 33.0. The van der Waals surface area contributed by atoms with E-state index in [9.17, 15) is 29.1 Å². The van der Waals surface area contributed by atoms with Gasteiger partial charge < -0.3 is 47.7 Å². The Kier molecular flexibility index (Phi) is 20.7. The molecule has 0 radical (unpaired) electrons. The van der Waals surface area contributed by atoms with Crippen molar-refractivity contribution in [1.29, 1.82) is 0 Å². The Labute approximate surface area is 516 Å². The van der Waals surface area contributed by atoms with Gasteiger partial charge in [0.15, 0.2) is 25.0 Å². The van der Waals surface area contributed by atoms with E-state index < -0.39 is 85.2 Å². The number of ether oxygens (including phenoxy) is 9. The second kappa shape index (κ2) is 27.7. The van der Waals surface area contributed by atoms with Crippen LogP contribution in [0.3, 0.4) is 0 Å². The van der Waals surface area contributed by atoms with Gasteiger partial charge in [0.1, 0.15) is 36.5 Å². The van der Waals surface area contributed by atoms with Crippen molar-refractivity contribution in [1.82, 2.24) is 0 Å². The van der Waals surface area contributed by atoms with Crippen molar-refractivity contribution in [3.63, 3.8) is 0 Å². The molecule has 3 aromatic rings. The largest absolute Gasteiger partial charge is 0.459 e. The second-order valence-corrected chi connectivity index (χ2v) is 28.1. The predicted molar refractivity (Wildman–Crippen MR) is 326 cm³/mol. The molecular formula is C72H98O15. The molecule has 0 amide bonds. The fourth-order valence-corrected chi connectivity index (χ4v) is 17.1. The number of rotatable bonds is 20. The van der Waals surface area contributed by atoms with Crippen LogP contribution in [0.2, 0.25) is 0 Å². The van der Waals surface area contributed by atoms with Gasteiger partial charge in [-0.1, -0.05) is 124 Å². The van der Waals surface area contributed by atoms with Gasteiger partial charge in [0.2, 0.25) is 0 Å². The quantitative estimate of drug-likeness (QED) is 0.0638. The highest BCUT2D eigenvalue weighted by Gasteiger charge is 2.64. The summed E-state index contributed by atoms with van der Waals surface area (Å²) in [6, 6.07) is 26.2. The van der Waals surface area contributed by atoms with E-state index in [-0.39, 0.29) is 77.4 Å². The van der Waals surface area contributed by atoms with Crippen LogP contribution in [0.1, 0.15) is 178 Å². The second-order valence-electron chi connectivity index (χ2n) is 28.1. The lowest BCUT2D eigenvalue weighted by Crippen LogP contribution is -2.60. The molecule has 7 fully saturated rings. The molecule has 14 unspecified atom stereocenters. The number of aliphatic hydroxyl groups is 1. The predicted octanol–water partition coefficient (Wildman–Crippen LogP) is 12.7. The Balaban J connectivity index is 0.757. The van der Waals surface area contributed by atoms with Crippen molar-refractivity contribution in [2.45, 2.75) is 214 Å². The first-order chi connectivity index (χ1) is 41.6. The third kappa shape index (κ3) is 13.6. The van der Waals surface area contributed by atoms with Crippen LogP contribution >= 0.6 is 0 Å². The highest BCUT2D eigenvalue weighted by atomic mass is 16.7. The highest BCUT2D eigenvalue weighted by Crippen LogP contribution is 2.68. The van der Waals surface area contributed by atoms with E-state index in [0.29, 0.717) is 65.5 Å². The molecule has 7 aliphatic rings. The summed E-state index contributed by atoms with van der Waals surface area (Å²) in [7, 11) is 0. The summed E-state index contributed by atoms with van der Waals surface area (Å²) in [5.74, 6) is -0.678. The van der Waals surface area contributed by atoms with E-state index >= 15 is 0 Å². The Morgan fingerprint density at radius 3 is 1.85 bits per heavy atom. The molecule has 87 heavy (non-hydrogen) atoms. The molecule has 15 nitrogen and oxygen atoms in total. The van der Waals surface area contributed by atoms with Gasteiger partial charge in [0.05, 0.1) is 47.7 Å². The van der Waals surface area contributed by atoms with E-state index in [1.807, 2.05) is 52.8 Å². The highest BCUT2D eigenvalue weighted by molar-refractivity contribution is 5.92. The van der Waals surface area contributed by atoms with Gasteiger partial charge >= 0.3 is 17.9 Å². The Hall–Kier alpha value is -4.87. The number of hydrogen-bond acceptors (Lipinski definition) is 15.